The lowest BCUT2D eigenvalue weighted by atomic mass is 10.1. The molecule has 0 aromatic carbocycles. The van der Waals surface area contributed by atoms with Crippen LogP contribution in [-0.2, 0) is 9.53 Å². The van der Waals surface area contributed by atoms with Gasteiger partial charge in [0.2, 0.25) is 0 Å². The highest BCUT2D eigenvalue weighted by Gasteiger charge is 2.07. The quantitative estimate of drug-likeness (QED) is 0.538. The van der Waals surface area contributed by atoms with Crippen molar-refractivity contribution >= 4 is 5.97 Å². The molecule has 0 saturated carbocycles. The van der Waals surface area contributed by atoms with Crippen LogP contribution in [0, 0.1) is 0 Å². The van der Waals surface area contributed by atoms with Gasteiger partial charge < -0.3 is 20.1 Å². The van der Waals surface area contributed by atoms with Crippen LogP contribution >= 0.6 is 0 Å². The van der Waals surface area contributed by atoms with Gasteiger partial charge in [0.25, 0.3) is 0 Å². The number of carbonyl (C=O) groups excluding carboxylic acids is 1. The van der Waals surface area contributed by atoms with E-state index in [1.807, 2.05) is 19.1 Å². The Morgan fingerprint density at radius 1 is 0.862 bits per heavy atom. The SMILES string of the molecule is CC1CCCC=CC=CC(O)CC(O)CC=C/C=C/C(O)CC=CC=CC(=O)O1. The molecule has 0 amide bonds. The van der Waals surface area contributed by atoms with Gasteiger partial charge in [-0.2, -0.15) is 0 Å². The van der Waals surface area contributed by atoms with Gasteiger partial charge >= 0.3 is 5.97 Å². The predicted octanol–water partition coefficient (Wildman–Crippen LogP) is 3.69. The zero-order valence-corrected chi connectivity index (χ0v) is 17.1. The first kappa shape index (κ1) is 24.8. The molecule has 29 heavy (non-hydrogen) atoms. The summed E-state index contributed by atoms with van der Waals surface area (Å²) in [5.41, 5.74) is 0. The van der Waals surface area contributed by atoms with Crippen molar-refractivity contribution in [3.05, 3.63) is 72.9 Å². The van der Waals surface area contributed by atoms with E-state index in [1.165, 1.54) is 6.08 Å². The number of aliphatic hydroxyl groups is 3. The first-order chi connectivity index (χ1) is 14.0. The highest BCUT2D eigenvalue weighted by molar-refractivity contribution is 5.82. The zero-order chi connectivity index (χ0) is 21.3. The molecule has 0 radical (unpaired) electrons. The molecule has 4 atom stereocenters. The average molecular weight is 403 g/mol. The molecule has 3 N–H and O–H groups in total. The Balaban J connectivity index is 2.66. The zero-order valence-electron chi connectivity index (χ0n) is 17.1. The lowest BCUT2D eigenvalue weighted by molar-refractivity contribution is -0.142. The summed E-state index contributed by atoms with van der Waals surface area (Å²) < 4.78 is 5.31. The topological polar surface area (TPSA) is 87.0 Å². The van der Waals surface area contributed by atoms with E-state index in [2.05, 4.69) is 0 Å². The molecule has 5 nitrogen and oxygen atoms in total. The highest BCUT2D eigenvalue weighted by atomic mass is 16.5. The maximum atomic E-state index is 11.7. The molecule has 0 fully saturated rings. The molecule has 0 aliphatic carbocycles. The van der Waals surface area contributed by atoms with Gasteiger partial charge in [-0.15, -0.1) is 0 Å². The van der Waals surface area contributed by atoms with Crippen molar-refractivity contribution < 1.29 is 24.9 Å². The van der Waals surface area contributed by atoms with Gasteiger partial charge in [0.1, 0.15) is 0 Å². The molecule has 0 bridgehead atoms. The van der Waals surface area contributed by atoms with Gasteiger partial charge in [-0.05, 0) is 39.0 Å². The average Bonchev–Trinajstić information content (AvgIpc) is 2.65. The molecule has 1 aliphatic rings. The number of allylic oxidation sites excluding steroid dienone is 7. The second kappa shape index (κ2) is 15.7. The van der Waals surface area contributed by atoms with Crippen LogP contribution in [0.25, 0.3) is 0 Å². The smallest absolute Gasteiger partial charge is 0.331 e. The van der Waals surface area contributed by atoms with Gasteiger partial charge in [-0.1, -0.05) is 66.8 Å². The molecule has 160 valence electrons. The summed E-state index contributed by atoms with van der Waals surface area (Å²) in [5.74, 6) is -0.378. The number of hydrogen-bond acceptors (Lipinski definition) is 5. The fourth-order valence-corrected chi connectivity index (χ4v) is 2.66. The second-order valence-corrected chi connectivity index (χ2v) is 7.09. The van der Waals surface area contributed by atoms with Crippen molar-refractivity contribution in [3.63, 3.8) is 0 Å². The lowest BCUT2D eigenvalue weighted by Gasteiger charge is -2.10. The third kappa shape index (κ3) is 14.4. The summed E-state index contributed by atoms with van der Waals surface area (Å²) in [4.78, 5) is 11.7. The van der Waals surface area contributed by atoms with E-state index in [1.54, 1.807) is 54.7 Å². The van der Waals surface area contributed by atoms with Crippen molar-refractivity contribution in [3.8, 4) is 0 Å². The Kier molecular flexibility index (Phi) is 13.4. The molecular formula is C24H34O5. The molecule has 0 saturated heterocycles. The van der Waals surface area contributed by atoms with Gasteiger partial charge in [-0.25, -0.2) is 4.79 Å². The summed E-state index contributed by atoms with van der Waals surface area (Å²) >= 11 is 0. The molecule has 4 unspecified atom stereocenters. The van der Waals surface area contributed by atoms with E-state index in [0.717, 1.165) is 19.3 Å². The molecule has 0 aromatic heterocycles. The van der Waals surface area contributed by atoms with Gasteiger partial charge in [0.05, 0.1) is 24.4 Å². The van der Waals surface area contributed by atoms with Crippen molar-refractivity contribution in [1.82, 2.24) is 0 Å². The van der Waals surface area contributed by atoms with Crippen LogP contribution in [0.5, 0.6) is 0 Å². The molecule has 1 heterocycles. The first-order valence-electron chi connectivity index (χ1n) is 10.2. The fourth-order valence-electron chi connectivity index (χ4n) is 2.66. The highest BCUT2D eigenvalue weighted by Crippen LogP contribution is 2.08. The minimum atomic E-state index is -0.703. The Hall–Kier alpha value is -2.21. The summed E-state index contributed by atoms with van der Waals surface area (Å²) in [6.45, 7) is 1.87. The number of cyclic esters (lactones) is 1. The fraction of sp³-hybridized carbons (Fsp3) is 0.458. The van der Waals surface area contributed by atoms with E-state index < -0.39 is 18.3 Å². The normalized spacial score (nSPS) is 29.9. The Morgan fingerprint density at radius 3 is 2.31 bits per heavy atom. The van der Waals surface area contributed by atoms with E-state index >= 15 is 0 Å². The maximum absolute atomic E-state index is 11.7. The van der Waals surface area contributed by atoms with Crippen LogP contribution < -0.4 is 0 Å². The molecule has 5 heteroatoms. The van der Waals surface area contributed by atoms with Crippen LogP contribution in [-0.4, -0.2) is 45.7 Å². The lowest BCUT2D eigenvalue weighted by Crippen LogP contribution is -2.14. The van der Waals surface area contributed by atoms with E-state index in [9.17, 15) is 20.1 Å². The van der Waals surface area contributed by atoms with Gasteiger partial charge in [0, 0.05) is 12.5 Å². The van der Waals surface area contributed by atoms with Crippen molar-refractivity contribution in [2.24, 2.45) is 0 Å². The second-order valence-electron chi connectivity index (χ2n) is 7.09. The predicted molar refractivity (Wildman–Crippen MR) is 116 cm³/mol. The van der Waals surface area contributed by atoms with Crippen molar-refractivity contribution in [2.75, 3.05) is 0 Å². The molecular weight excluding hydrogens is 368 g/mol. The number of rotatable bonds is 0. The molecule has 1 aliphatic heterocycles. The van der Waals surface area contributed by atoms with E-state index in [0.29, 0.717) is 12.8 Å². The largest absolute Gasteiger partial charge is 0.460 e. The maximum Gasteiger partial charge on any atom is 0.331 e. The van der Waals surface area contributed by atoms with Crippen molar-refractivity contribution in [2.45, 2.75) is 69.9 Å². The van der Waals surface area contributed by atoms with Gasteiger partial charge in [-0.3, -0.25) is 0 Å². The van der Waals surface area contributed by atoms with Gasteiger partial charge in [0.15, 0.2) is 0 Å². The number of hydrogen-bond donors (Lipinski definition) is 3. The van der Waals surface area contributed by atoms with Crippen LogP contribution in [0.2, 0.25) is 0 Å². The number of carbonyl (C=O) groups is 1. The number of aliphatic hydroxyl groups excluding tert-OH is 3. The van der Waals surface area contributed by atoms with Crippen LogP contribution in [0.3, 0.4) is 0 Å². The van der Waals surface area contributed by atoms with Crippen LogP contribution in [0.15, 0.2) is 72.9 Å². The summed E-state index contributed by atoms with van der Waals surface area (Å²) in [6, 6.07) is 0. The van der Waals surface area contributed by atoms with Crippen molar-refractivity contribution in [1.29, 1.82) is 0 Å². The monoisotopic (exact) mass is 402 g/mol. The molecule has 0 aromatic rings. The third-order valence-electron chi connectivity index (χ3n) is 4.24. The number of ether oxygens (including phenoxy) is 1. The summed E-state index contributed by atoms with van der Waals surface area (Å²) in [6.07, 6.45) is 22.2. The Morgan fingerprint density at radius 2 is 1.52 bits per heavy atom. The Bertz CT molecular complexity index is 627. The van der Waals surface area contributed by atoms with Crippen LogP contribution in [0.1, 0.15) is 45.4 Å². The summed E-state index contributed by atoms with van der Waals surface area (Å²) in [7, 11) is 0. The van der Waals surface area contributed by atoms with Crippen LogP contribution in [0.4, 0.5) is 0 Å². The molecule has 1 rings (SSSR count). The number of esters is 1. The Labute approximate surface area is 174 Å². The third-order valence-corrected chi connectivity index (χ3v) is 4.24. The first-order valence-corrected chi connectivity index (χ1v) is 10.2. The minimum absolute atomic E-state index is 0.158. The minimum Gasteiger partial charge on any atom is -0.460 e. The van der Waals surface area contributed by atoms with E-state index in [-0.39, 0.29) is 18.5 Å². The standard InChI is InChI=1S/C24H34O5/c1-20-13-7-3-2-4-8-16-22(26)19-23(27)17-11-5-9-14-21(25)15-10-6-12-18-24(28)29-20/h2,4-6,8-12,14,16,18,20-23,25-27H,3,7,13,15,17,19H2,1H3/b4-2?,10-6?,11-5?,14-9+,16-8?,18-12?. The van der Waals surface area contributed by atoms with E-state index in [4.69, 9.17) is 4.74 Å². The summed E-state index contributed by atoms with van der Waals surface area (Å²) in [5, 5.41) is 29.8. The molecule has 0 spiro atoms.